The average Bonchev–Trinajstić information content (AvgIpc) is 3.42. The number of nitrogens with zero attached hydrogens (tertiary/aromatic N) is 2. The number of pyridine rings is 2. The summed E-state index contributed by atoms with van der Waals surface area (Å²) in [4.78, 5) is 17.0. The fourth-order valence-electron chi connectivity index (χ4n) is 4.96. The van der Waals surface area contributed by atoms with E-state index in [2.05, 4.69) is 70.6 Å². The van der Waals surface area contributed by atoms with Gasteiger partial charge < -0.3 is 9.97 Å². The molecule has 0 saturated carbocycles. The number of H-pyrrole nitrogens is 2. The lowest BCUT2D eigenvalue weighted by atomic mass is 9.93. The highest BCUT2D eigenvalue weighted by Crippen LogP contribution is 2.47. The van der Waals surface area contributed by atoms with Crippen LogP contribution in [-0.4, -0.2) is 19.9 Å². The standard InChI is InChI=1S/C28H18N4/c1-3-11-19-17(9-1)23-25(21-13-5-7-15-29-21)28-24(18-10-2-4-12-20(18)32-28)26(27(23)31-19)22-14-6-8-16-30-22/h1-16,31-32H. The highest BCUT2D eigenvalue weighted by atomic mass is 14.8. The summed E-state index contributed by atoms with van der Waals surface area (Å²) in [6, 6.07) is 29.1. The van der Waals surface area contributed by atoms with Crippen molar-refractivity contribution in [3.05, 3.63) is 97.3 Å². The van der Waals surface area contributed by atoms with Gasteiger partial charge in [0.05, 0.1) is 22.4 Å². The van der Waals surface area contributed by atoms with Gasteiger partial charge in [-0.25, -0.2) is 0 Å². The Labute approximate surface area is 183 Å². The van der Waals surface area contributed by atoms with E-state index in [1.54, 1.807) is 0 Å². The van der Waals surface area contributed by atoms with Crippen LogP contribution in [-0.2, 0) is 0 Å². The molecular formula is C28H18N4. The summed E-state index contributed by atoms with van der Waals surface area (Å²) < 4.78 is 0. The van der Waals surface area contributed by atoms with Crippen molar-refractivity contribution in [3.63, 3.8) is 0 Å². The van der Waals surface area contributed by atoms with Gasteiger partial charge in [0.25, 0.3) is 0 Å². The molecule has 3 aromatic carbocycles. The van der Waals surface area contributed by atoms with Crippen molar-refractivity contribution in [3.8, 4) is 22.5 Å². The SMILES string of the molecule is c1ccc(-c2c3[nH]c4ccccc4c3c(-c3ccccn3)c3[nH]c4ccccc4c23)nc1. The molecule has 0 unspecified atom stereocenters. The van der Waals surface area contributed by atoms with Crippen LogP contribution in [0.5, 0.6) is 0 Å². The smallest absolute Gasteiger partial charge is 0.0730 e. The van der Waals surface area contributed by atoms with Gasteiger partial charge in [-0.1, -0.05) is 48.5 Å². The molecule has 0 aliphatic carbocycles. The summed E-state index contributed by atoms with van der Waals surface area (Å²) in [5.41, 5.74) is 8.51. The van der Waals surface area contributed by atoms with Gasteiger partial charge in [-0.05, 0) is 36.4 Å². The van der Waals surface area contributed by atoms with Gasteiger partial charge in [0.2, 0.25) is 0 Å². The van der Waals surface area contributed by atoms with E-state index in [0.717, 1.165) is 44.6 Å². The van der Waals surface area contributed by atoms with Crippen LogP contribution < -0.4 is 0 Å². The second-order valence-electron chi connectivity index (χ2n) is 8.02. The summed E-state index contributed by atoms with van der Waals surface area (Å²) in [5.74, 6) is 0. The fraction of sp³-hybridized carbons (Fsp3) is 0. The Bertz CT molecular complexity index is 1630. The van der Waals surface area contributed by atoms with E-state index >= 15 is 0 Å². The molecule has 0 radical (unpaired) electrons. The van der Waals surface area contributed by atoms with E-state index < -0.39 is 0 Å². The van der Waals surface area contributed by atoms with E-state index in [0.29, 0.717) is 0 Å². The summed E-state index contributed by atoms with van der Waals surface area (Å²) in [7, 11) is 0. The van der Waals surface area contributed by atoms with Crippen LogP contribution in [0.25, 0.3) is 66.1 Å². The zero-order valence-corrected chi connectivity index (χ0v) is 17.1. The first-order chi connectivity index (χ1) is 15.9. The molecule has 0 atom stereocenters. The van der Waals surface area contributed by atoms with Gasteiger partial charge in [-0.15, -0.1) is 0 Å². The fourth-order valence-corrected chi connectivity index (χ4v) is 4.96. The van der Waals surface area contributed by atoms with Crippen molar-refractivity contribution in [1.82, 2.24) is 19.9 Å². The molecule has 0 fully saturated rings. The molecule has 0 amide bonds. The largest absolute Gasteiger partial charge is 0.354 e. The lowest BCUT2D eigenvalue weighted by Gasteiger charge is -2.12. The van der Waals surface area contributed by atoms with E-state index in [4.69, 9.17) is 9.97 Å². The molecule has 7 aromatic rings. The molecule has 7 rings (SSSR count). The van der Waals surface area contributed by atoms with Crippen molar-refractivity contribution in [1.29, 1.82) is 0 Å². The number of para-hydroxylation sites is 2. The van der Waals surface area contributed by atoms with Crippen molar-refractivity contribution < 1.29 is 0 Å². The number of aromatic amines is 2. The monoisotopic (exact) mass is 410 g/mol. The molecule has 0 saturated heterocycles. The van der Waals surface area contributed by atoms with E-state index in [1.165, 1.54) is 21.5 Å². The second kappa shape index (κ2) is 6.53. The van der Waals surface area contributed by atoms with Crippen LogP contribution in [0.3, 0.4) is 0 Å². The number of hydrogen-bond acceptors (Lipinski definition) is 2. The number of rotatable bonds is 2. The first-order valence-electron chi connectivity index (χ1n) is 10.7. The third kappa shape index (κ3) is 2.32. The van der Waals surface area contributed by atoms with Gasteiger partial charge in [-0.2, -0.15) is 0 Å². The zero-order valence-electron chi connectivity index (χ0n) is 17.1. The van der Waals surface area contributed by atoms with Crippen LogP contribution in [0.4, 0.5) is 0 Å². The minimum atomic E-state index is 0.950. The Morgan fingerprint density at radius 1 is 0.469 bits per heavy atom. The molecule has 4 nitrogen and oxygen atoms in total. The Kier molecular flexibility index (Phi) is 3.52. The van der Waals surface area contributed by atoms with Gasteiger partial charge in [-0.3, -0.25) is 9.97 Å². The quantitative estimate of drug-likeness (QED) is 0.320. The van der Waals surface area contributed by atoms with Crippen molar-refractivity contribution >= 4 is 43.6 Å². The summed E-state index contributed by atoms with van der Waals surface area (Å²) in [6.45, 7) is 0. The summed E-state index contributed by atoms with van der Waals surface area (Å²) >= 11 is 0. The van der Waals surface area contributed by atoms with Crippen molar-refractivity contribution in [2.75, 3.05) is 0 Å². The third-order valence-electron chi connectivity index (χ3n) is 6.25. The first kappa shape index (κ1) is 17.3. The van der Waals surface area contributed by atoms with E-state index in [1.807, 2.05) is 36.7 Å². The summed E-state index contributed by atoms with van der Waals surface area (Å²) in [6.07, 6.45) is 3.72. The lowest BCUT2D eigenvalue weighted by molar-refractivity contribution is 1.33. The Morgan fingerprint density at radius 3 is 1.34 bits per heavy atom. The lowest BCUT2D eigenvalue weighted by Crippen LogP contribution is -1.91. The Hall–Kier alpha value is -4.44. The maximum absolute atomic E-state index is 4.76. The molecular weight excluding hydrogens is 392 g/mol. The highest BCUT2D eigenvalue weighted by molar-refractivity contribution is 6.31. The molecule has 0 aliphatic heterocycles. The Morgan fingerprint density at radius 2 is 0.906 bits per heavy atom. The van der Waals surface area contributed by atoms with E-state index in [-0.39, 0.29) is 0 Å². The number of aromatic nitrogens is 4. The topological polar surface area (TPSA) is 57.4 Å². The predicted molar refractivity (Wildman–Crippen MR) is 132 cm³/mol. The summed E-state index contributed by atoms with van der Waals surface area (Å²) in [5, 5.41) is 4.69. The molecule has 150 valence electrons. The van der Waals surface area contributed by atoms with Crippen LogP contribution in [0.15, 0.2) is 97.3 Å². The maximum atomic E-state index is 4.76. The predicted octanol–water partition coefficient (Wildman–Crippen LogP) is 7.08. The molecule has 4 aromatic heterocycles. The van der Waals surface area contributed by atoms with Gasteiger partial charge in [0.15, 0.2) is 0 Å². The Balaban J connectivity index is 1.83. The van der Waals surface area contributed by atoms with E-state index in [9.17, 15) is 0 Å². The average molecular weight is 410 g/mol. The molecule has 0 aliphatic rings. The van der Waals surface area contributed by atoms with Crippen molar-refractivity contribution in [2.24, 2.45) is 0 Å². The van der Waals surface area contributed by atoms with Crippen molar-refractivity contribution in [2.45, 2.75) is 0 Å². The van der Waals surface area contributed by atoms with Crippen LogP contribution in [0.1, 0.15) is 0 Å². The molecule has 4 heteroatoms. The second-order valence-corrected chi connectivity index (χ2v) is 8.02. The van der Waals surface area contributed by atoms with Gasteiger partial charge >= 0.3 is 0 Å². The van der Waals surface area contributed by atoms with Crippen LogP contribution >= 0.6 is 0 Å². The number of fused-ring (bicyclic) bond motifs is 6. The number of nitrogens with one attached hydrogen (secondary N) is 2. The van der Waals surface area contributed by atoms with Crippen LogP contribution in [0.2, 0.25) is 0 Å². The van der Waals surface area contributed by atoms with Crippen LogP contribution in [0, 0.1) is 0 Å². The highest BCUT2D eigenvalue weighted by Gasteiger charge is 2.24. The minimum Gasteiger partial charge on any atom is -0.354 e. The molecule has 32 heavy (non-hydrogen) atoms. The van der Waals surface area contributed by atoms with Gasteiger partial charge in [0, 0.05) is 56.1 Å². The molecule has 0 spiro atoms. The number of benzene rings is 3. The zero-order chi connectivity index (χ0) is 21.1. The third-order valence-corrected chi connectivity index (χ3v) is 6.25. The number of hydrogen-bond donors (Lipinski definition) is 2. The molecule has 4 heterocycles. The molecule has 2 N–H and O–H groups in total. The van der Waals surface area contributed by atoms with Gasteiger partial charge in [0.1, 0.15) is 0 Å². The normalized spacial score (nSPS) is 11.8. The maximum Gasteiger partial charge on any atom is 0.0730 e. The molecule has 0 bridgehead atoms. The first-order valence-corrected chi connectivity index (χ1v) is 10.7. The minimum absolute atomic E-state index is 0.950.